The maximum Gasteiger partial charge on any atom is 0.192 e. The monoisotopic (exact) mass is 331 g/mol. The Bertz CT molecular complexity index is 911. The summed E-state index contributed by atoms with van der Waals surface area (Å²) in [6.45, 7) is 3.73. The smallest absolute Gasteiger partial charge is 0.192 e. The van der Waals surface area contributed by atoms with Gasteiger partial charge in [0.1, 0.15) is 0 Å². The van der Waals surface area contributed by atoms with E-state index in [4.69, 9.17) is 23.2 Å². The number of benzene rings is 2. The molecule has 0 aliphatic heterocycles. The minimum atomic E-state index is 0.0558. The van der Waals surface area contributed by atoms with Gasteiger partial charge < -0.3 is 4.98 Å². The summed E-state index contributed by atoms with van der Waals surface area (Å²) in [4.78, 5) is 15.7. The summed E-state index contributed by atoms with van der Waals surface area (Å²) in [5.41, 5.74) is 4.49. The van der Waals surface area contributed by atoms with Gasteiger partial charge in [-0.1, -0.05) is 35.3 Å². The lowest BCUT2D eigenvalue weighted by Crippen LogP contribution is -2.10. The van der Waals surface area contributed by atoms with E-state index in [-0.39, 0.29) is 5.43 Å². The van der Waals surface area contributed by atoms with Crippen molar-refractivity contribution in [3.63, 3.8) is 0 Å². The van der Waals surface area contributed by atoms with E-state index in [0.29, 0.717) is 21.9 Å². The fourth-order valence-corrected chi connectivity index (χ4v) is 2.89. The lowest BCUT2D eigenvalue weighted by Gasteiger charge is -2.09. The molecule has 22 heavy (non-hydrogen) atoms. The Labute approximate surface area is 138 Å². The second kappa shape index (κ2) is 5.79. The van der Waals surface area contributed by atoms with Crippen LogP contribution in [0.3, 0.4) is 0 Å². The number of aryl methyl sites for hydroxylation is 1. The van der Waals surface area contributed by atoms with Crippen molar-refractivity contribution in [1.29, 1.82) is 0 Å². The molecule has 0 bridgehead atoms. The Kier molecular flexibility index (Phi) is 3.98. The predicted octanol–water partition coefficient (Wildman–Crippen LogP) is 5.04. The van der Waals surface area contributed by atoms with Gasteiger partial charge >= 0.3 is 0 Å². The summed E-state index contributed by atoms with van der Waals surface area (Å²) in [5, 5.41) is 2.04. The Morgan fingerprint density at radius 1 is 1.05 bits per heavy atom. The summed E-state index contributed by atoms with van der Waals surface area (Å²) in [5.74, 6) is 0. The summed E-state index contributed by atoms with van der Waals surface area (Å²) in [6, 6.07) is 11.4. The fraction of sp³-hybridized carbons (Fsp3) is 0.167. The van der Waals surface area contributed by atoms with Crippen molar-refractivity contribution in [2.24, 2.45) is 0 Å². The molecule has 3 aromatic rings. The van der Waals surface area contributed by atoms with Crippen LogP contribution < -0.4 is 5.43 Å². The molecule has 0 radical (unpaired) electrons. The first kappa shape index (κ1) is 15.1. The van der Waals surface area contributed by atoms with Crippen molar-refractivity contribution in [2.75, 3.05) is 0 Å². The van der Waals surface area contributed by atoms with Gasteiger partial charge in [0.2, 0.25) is 0 Å². The van der Waals surface area contributed by atoms with E-state index in [9.17, 15) is 4.79 Å². The SMILES string of the molecule is Cc1[nH]c2cc(Cl)c(Cc3ccc(Cl)cc3)cc2c(=O)c1C. The number of hydrogen-bond acceptors (Lipinski definition) is 1. The first-order valence-electron chi connectivity index (χ1n) is 7.02. The van der Waals surface area contributed by atoms with Crippen molar-refractivity contribution < 1.29 is 0 Å². The van der Waals surface area contributed by atoms with Crippen LogP contribution in [0.5, 0.6) is 0 Å². The molecule has 1 aromatic heterocycles. The van der Waals surface area contributed by atoms with Crippen LogP contribution in [0.2, 0.25) is 10.0 Å². The van der Waals surface area contributed by atoms with Crippen LogP contribution in [-0.2, 0) is 6.42 Å². The van der Waals surface area contributed by atoms with E-state index >= 15 is 0 Å². The highest BCUT2D eigenvalue weighted by molar-refractivity contribution is 6.32. The quantitative estimate of drug-likeness (QED) is 0.700. The summed E-state index contributed by atoms with van der Waals surface area (Å²) < 4.78 is 0. The number of H-pyrrole nitrogens is 1. The molecule has 1 heterocycles. The average Bonchev–Trinajstić information content (AvgIpc) is 2.49. The molecule has 0 amide bonds. The molecule has 0 saturated carbocycles. The molecule has 0 aliphatic carbocycles. The number of nitrogens with one attached hydrogen (secondary N) is 1. The zero-order valence-corrected chi connectivity index (χ0v) is 13.8. The molecule has 0 spiro atoms. The van der Waals surface area contributed by atoms with Crippen molar-refractivity contribution in [1.82, 2.24) is 4.98 Å². The summed E-state index contributed by atoms with van der Waals surface area (Å²) in [6.07, 6.45) is 0.665. The molecule has 0 unspecified atom stereocenters. The number of aromatic nitrogens is 1. The Morgan fingerprint density at radius 2 is 1.73 bits per heavy atom. The standard InChI is InChI=1S/C18H15Cl2NO/c1-10-11(2)21-17-9-16(20)13(8-15(17)18(10)22)7-12-3-5-14(19)6-4-12/h3-6,8-9H,7H2,1-2H3,(H,21,22). The molecule has 2 nitrogen and oxygen atoms in total. The maximum absolute atomic E-state index is 12.4. The van der Waals surface area contributed by atoms with Gasteiger partial charge in [-0.2, -0.15) is 0 Å². The number of halogens is 2. The summed E-state index contributed by atoms with van der Waals surface area (Å²) in [7, 11) is 0. The molecule has 3 rings (SSSR count). The van der Waals surface area contributed by atoms with Crippen LogP contribution in [-0.4, -0.2) is 4.98 Å². The molecule has 0 aliphatic rings. The van der Waals surface area contributed by atoms with Gasteiger partial charge in [0, 0.05) is 26.7 Å². The fourth-order valence-electron chi connectivity index (χ4n) is 2.54. The van der Waals surface area contributed by atoms with E-state index in [2.05, 4.69) is 4.98 Å². The lowest BCUT2D eigenvalue weighted by molar-refractivity contribution is 1.16. The topological polar surface area (TPSA) is 32.9 Å². The zero-order valence-electron chi connectivity index (χ0n) is 12.3. The van der Waals surface area contributed by atoms with Crippen LogP contribution >= 0.6 is 23.2 Å². The Balaban J connectivity index is 2.12. The van der Waals surface area contributed by atoms with Crippen LogP contribution in [0.4, 0.5) is 0 Å². The van der Waals surface area contributed by atoms with E-state index < -0.39 is 0 Å². The molecule has 4 heteroatoms. The molecule has 0 fully saturated rings. The van der Waals surface area contributed by atoms with E-state index in [1.165, 1.54) is 0 Å². The highest BCUT2D eigenvalue weighted by Crippen LogP contribution is 2.25. The second-order valence-electron chi connectivity index (χ2n) is 5.50. The molecule has 2 aromatic carbocycles. The third-order valence-electron chi connectivity index (χ3n) is 3.96. The van der Waals surface area contributed by atoms with E-state index in [1.807, 2.05) is 50.2 Å². The van der Waals surface area contributed by atoms with Gasteiger partial charge in [-0.15, -0.1) is 0 Å². The van der Waals surface area contributed by atoms with Crippen molar-refractivity contribution in [2.45, 2.75) is 20.3 Å². The molecular weight excluding hydrogens is 317 g/mol. The number of rotatable bonds is 2. The highest BCUT2D eigenvalue weighted by atomic mass is 35.5. The maximum atomic E-state index is 12.4. The highest BCUT2D eigenvalue weighted by Gasteiger charge is 2.10. The zero-order chi connectivity index (χ0) is 15.9. The van der Waals surface area contributed by atoms with Crippen LogP contribution in [0.25, 0.3) is 10.9 Å². The number of pyridine rings is 1. The minimum absolute atomic E-state index is 0.0558. The van der Waals surface area contributed by atoms with Crippen molar-refractivity contribution in [3.05, 3.63) is 79.1 Å². The molecule has 112 valence electrons. The normalized spacial score (nSPS) is 11.1. The van der Waals surface area contributed by atoms with Crippen molar-refractivity contribution >= 4 is 34.1 Å². The van der Waals surface area contributed by atoms with Gasteiger partial charge in [-0.05, 0) is 55.7 Å². The number of aromatic amines is 1. The van der Waals surface area contributed by atoms with Gasteiger partial charge in [0.15, 0.2) is 5.43 Å². The largest absolute Gasteiger partial charge is 0.358 e. The van der Waals surface area contributed by atoms with Gasteiger partial charge in [0.05, 0.1) is 5.52 Å². The van der Waals surface area contributed by atoms with Gasteiger partial charge in [-0.25, -0.2) is 0 Å². The predicted molar refractivity (Wildman–Crippen MR) is 93.3 cm³/mol. The third kappa shape index (κ3) is 2.77. The van der Waals surface area contributed by atoms with Gasteiger partial charge in [-0.3, -0.25) is 4.79 Å². The van der Waals surface area contributed by atoms with Crippen molar-refractivity contribution in [3.8, 4) is 0 Å². The van der Waals surface area contributed by atoms with E-state index in [0.717, 1.165) is 27.9 Å². The van der Waals surface area contributed by atoms with Crippen LogP contribution in [0.1, 0.15) is 22.4 Å². The average molecular weight is 332 g/mol. The van der Waals surface area contributed by atoms with Crippen LogP contribution in [0, 0.1) is 13.8 Å². The number of fused-ring (bicyclic) bond motifs is 1. The lowest BCUT2D eigenvalue weighted by atomic mass is 10.0. The molecule has 0 atom stereocenters. The molecule has 0 saturated heterocycles. The Morgan fingerprint density at radius 3 is 2.41 bits per heavy atom. The summed E-state index contributed by atoms with van der Waals surface area (Å²) >= 11 is 12.3. The first-order valence-corrected chi connectivity index (χ1v) is 7.77. The number of hydrogen-bond donors (Lipinski definition) is 1. The first-order chi connectivity index (χ1) is 10.5. The van der Waals surface area contributed by atoms with Gasteiger partial charge in [0.25, 0.3) is 0 Å². The molecular formula is C18H15Cl2NO. The third-order valence-corrected chi connectivity index (χ3v) is 4.57. The van der Waals surface area contributed by atoms with E-state index in [1.54, 1.807) is 0 Å². The molecule has 1 N–H and O–H groups in total. The van der Waals surface area contributed by atoms with Crippen LogP contribution in [0.15, 0.2) is 41.2 Å². The second-order valence-corrected chi connectivity index (χ2v) is 6.34. The Hall–Kier alpha value is -1.77. The minimum Gasteiger partial charge on any atom is -0.358 e.